The molecule has 1 aliphatic heterocycles. The Balaban J connectivity index is 1.70. The number of halogens is 1. The van der Waals surface area contributed by atoms with Crippen molar-refractivity contribution in [3.05, 3.63) is 28.8 Å². The number of fused-ring (bicyclic) bond motifs is 1. The molecule has 2 unspecified atom stereocenters. The van der Waals surface area contributed by atoms with E-state index in [0.29, 0.717) is 0 Å². The van der Waals surface area contributed by atoms with E-state index >= 15 is 0 Å². The van der Waals surface area contributed by atoms with Gasteiger partial charge >= 0.3 is 0 Å². The lowest BCUT2D eigenvalue weighted by Crippen LogP contribution is -2.34. The Hall–Kier alpha value is -0.730. The Morgan fingerprint density at radius 1 is 1.24 bits per heavy atom. The number of hydrogen-bond acceptors (Lipinski definition) is 2. The number of hydrogen-bond donors (Lipinski definition) is 1. The number of anilines is 1. The van der Waals surface area contributed by atoms with Gasteiger partial charge in [0.05, 0.1) is 0 Å². The van der Waals surface area contributed by atoms with Gasteiger partial charge in [-0.25, -0.2) is 0 Å². The minimum absolute atomic E-state index is 0.763. The van der Waals surface area contributed by atoms with Crippen LogP contribution in [0.25, 0.3) is 0 Å². The van der Waals surface area contributed by atoms with Gasteiger partial charge < -0.3 is 10.2 Å². The Bertz CT molecular complexity index is 474. The van der Waals surface area contributed by atoms with Crippen LogP contribution in [0.2, 0.25) is 5.02 Å². The third kappa shape index (κ3) is 3.37. The third-order valence-corrected chi connectivity index (χ3v) is 5.47. The van der Waals surface area contributed by atoms with Crippen LogP contribution in [-0.2, 0) is 6.54 Å². The van der Waals surface area contributed by atoms with Crippen LogP contribution in [0.1, 0.15) is 51.0 Å². The van der Waals surface area contributed by atoms with Crippen molar-refractivity contribution in [3.63, 3.8) is 0 Å². The average molecular weight is 307 g/mol. The minimum atomic E-state index is 0.763. The van der Waals surface area contributed by atoms with Crippen molar-refractivity contribution in [2.75, 3.05) is 18.0 Å². The summed E-state index contributed by atoms with van der Waals surface area (Å²) in [6.07, 6.45) is 8.13. The van der Waals surface area contributed by atoms with Crippen LogP contribution in [-0.4, -0.2) is 19.1 Å². The molecule has 1 N–H and O–H groups in total. The molecule has 1 heterocycles. The fourth-order valence-corrected chi connectivity index (χ4v) is 4.23. The maximum absolute atomic E-state index is 6.50. The molecule has 0 radical (unpaired) electrons. The number of rotatable bonds is 5. The van der Waals surface area contributed by atoms with Crippen molar-refractivity contribution in [3.8, 4) is 0 Å². The van der Waals surface area contributed by atoms with Gasteiger partial charge in [0.2, 0.25) is 0 Å². The summed E-state index contributed by atoms with van der Waals surface area (Å²) in [5.41, 5.74) is 2.54. The van der Waals surface area contributed by atoms with Crippen molar-refractivity contribution in [2.24, 2.45) is 5.92 Å². The second-order valence-electron chi connectivity index (χ2n) is 6.55. The zero-order chi connectivity index (χ0) is 14.7. The summed E-state index contributed by atoms with van der Waals surface area (Å²) in [4.78, 5) is 2.61. The smallest absolute Gasteiger partial charge is 0.0471 e. The summed E-state index contributed by atoms with van der Waals surface area (Å²) < 4.78 is 0. The molecule has 2 atom stereocenters. The molecule has 1 aromatic carbocycles. The van der Waals surface area contributed by atoms with Gasteiger partial charge in [-0.1, -0.05) is 37.4 Å². The predicted octanol–water partition coefficient (Wildman–Crippen LogP) is 4.61. The van der Waals surface area contributed by atoms with Gasteiger partial charge in [-0.2, -0.15) is 0 Å². The number of nitrogens with zero attached hydrogens (tertiary/aromatic N) is 1. The summed E-state index contributed by atoms with van der Waals surface area (Å²) in [5, 5.41) is 4.34. The van der Waals surface area contributed by atoms with Gasteiger partial charge in [-0.05, 0) is 55.8 Å². The Labute approximate surface area is 133 Å². The SMILES string of the molecule is CCCNCc1ccc(N2CCC3CCCCC32)cc1Cl. The zero-order valence-corrected chi connectivity index (χ0v) is 13.8. The van der Waals surface area contributed by atoms with E-state index in [-0.39, 0.29) is 0 Å². The second-order valence-corrected chi connectivity index (χ2v) is 6.95. The molecular formula is C18H27ClN2. The van der Waals surface area contributed by atoms with Crippen LogP contribution in [0.3, 0.4) is 0 Å². The highest BCUT2D eigenvalue weighted by molar-refractivity contribution is 6.31. The largest absolute Gasteiger partial charge is 0.368 e. The molecule has 3 rings (SSSR count). The van der Waals surface area contributed by atoms with E-state index in [1.165, 1.54) is 49.9 Å². The molecular weight excluding hydrogens is 280 g/mol. The maximum Gasteiger partial charge on any atom is 0.0471 e. The van der Waals surface area contributed by atoms with Gasteiger partial charge in [0.1, 0.15) is 0 Å². The lowest BCUT2D eigenvalue weighted by Gasteiger charge is -2.33. The van der Waals surface area contributed by atoms with E-state index < -0.39 is 0 Å². The molecule has 3 heteroatoms. The average Bonchev–Trinajstić information content (AvgIpc) is 2.93. The third-order valence-electron chi connectivity index (χ3n) is 5.12. The molecule has 116 valence electrons. The quantitative estimate of drug-likeness (QED) is 0.799. The van der Waals surface area contributed by atoms with Gasteiger partial charge in [0.15, 0.2) is 0 Å². The first-order valence-corrected chi connectivity index (χ1v) is 8.93. The van der Waals surface area contributed by atoms with Crippen LogP contribution < -0.4 is 10.2 Å². The van der Waals surface area contributed by atoms with Crippen LogP contribution in [0.5, 0.6) is 0 Å². The first-order chi connectivity index (χ1) is 10.3. The molecule has 0 bridgehead atoms. The fraction of sp³-hybridized carbons (Fsp3) is 0.667. The maximum atomic E-state index is 6.50. The predicted molar refractivity (Wildman–Crippen MR) is 91.2 cm³/mol. The van der Waals surface area contributed by atoms with E-state index in [1.807, 2.05) is 0 Å². The standard InChI is InChI=1S/C18H27ClN2/c1-2-10-20-13-15-7-8-16(12-17(15)19)21-11-9-14-5-3-4-6-18(14)21/h7-8,12,14,18,20H,2-6,9-11,13H2,1H3. The van der Waals surface area contributed by atoms with E-state index in [1.54, 1.807) is 0 Å². The number of benzene rings is 1. The molecule has 0 spiro atoms. The zero-order valence-electron chi connectivity index (χ0n) is 13.1. The highest BCUT2D eigenvalue weighted by atomic mass is 35.5. The topological polar surface area (TPSA) is 15.3 Å². The van der Waals surface area contributed by atoms with Crippen LogP contribution >= 0.6 is 11.6 Å². The van der Waals surface area contributed by atoms with E-state index in [2.05, 4.69) is 35.3 Å². The van der Waals surface area contributed by atoms with Crippen LogP contribution in [0.15, 0.2) is 18.2 Å². The van der Waals surface area contributed by atoms with Gasteiger partial charge in [0, 0.05) is 29.8 Å². The normalized spacial score (nSPS) is 25.1. The molecule has 0 aromatic heterocycles. The molecule has 1 aliphatic carbocycles. The molecule has 2 nitrogen and oxygen atoms in total. The Morgan fingerprint density at radius 2 is 2.10 bits per heavy atom. The van der Waals surface area contributed by atoms with Gasteiger partial charge in [-0.15, -0.1) is 0 Å². The van der Waals surface area contributed by atoms with E-state index in [4.69, 9.17) is 11.6 Å². The summed E-state index contributed by atoms with van der Waals surface area (Å²) >= 11 is 6.50. The van der Waals surface area contributed by atoms with Gasteiger partial charge in [0.25, 0.3) is 0 Å². The minimum Gasteiger partial charge on any atom is -0.368 e. The first kappa shape index (κ1) is 15.2. The second kappa shape index (κ2) is 7.02. The highest BCUT2D eigenvalue weighted by Gasteiger charge is 2.35. The van der Waals surface area contributed by atoms with E-state index in [9.17, 15) is 0 Å². The van der Waals surface area contributed by atoms with Gasteiger partial charge in [-0.3, -0.25) is 0 Å². The van der Waals surface area contributed by atoms with Crippen molar-refractivity contribution in [1.29, 1.82) is 0 Å². The molecule has 21 heavy (non-hydrogen) atoms. The lowest BCUT2D eigenvalue weighted by molar-refractivity contribution is 0.342. The lowest BCUT2D eigenvalue weighted by atomic mass is 9.85. The Kier molecular flexibility index (Phi) is 5.07. The molecule has 2 fully saturated rings. The highest BCUT2D eigenvalue weighted by Crippen LogP contribution is 2.39. The fourth-order valence-electron chi connectivity index (χ4n) is 3.98. The molecule has 1 saturated carbocycles. The van der Waals surface area contributed by atoms with Crippen molar-refractivity contribution in [2.45, 2.75) is 58.0 Å². The molecule has 1 saturated heterocycles. The summed E-state index contributed by atoms with van der Waals surface area (Å²) in [6.45, 7) is 5.32. The van der Waals surface area contributed by atoms with Crippen LogP contribution in [0.4, 0.5) is 5.69 Å². The van der Waals surface area contributed by atoms with Crippen molar-refractivity contribution < 1.29 is 0 Å². The molecule has 0 amide bonds. The first-order valence-electron chi connectivity index (χ1n) is 8.55. The van der Waals surface area contributed by atoms with Crippen molar-refractivity contribution in [1.82, 2.24) is 5.32 Å². The van der Waals surface area contributed by atoms with E-state index in [0.717, 1.165) is 36.5 Å². The molecule has 1 aromatic rings. The summed E-state index contributed by atoms with van der Waals surface area (Å²) in [7, 11) is 0. The summed E-state index contributed by atoms with van der Waals surface area (Å²) in [6, 6.07) is 7.42. The summed E-state index contributed by atoms with van der Waals surface area (Å²) in [5.74, 6) is 0.920. The number of nitrogens with one attached hydrogen (secondary N) is 1. The molecule has 2 aliphatic rings. The van der Waals surface area contributed by atoms with Crippen molar-refractivity contribution >= 4 is 17.3 Å². The monoisotopic (exact) mass is 306 g/mol. The van der Waals surface area contributed by atoms with Crippen LogP contribution in [0, 0.1) is 5.92 Å². The Morgan fingerprint density at radius 3 is 2.90 bits per heavy atom.